The molecule has 0 amide bonds. The summed E-state index contributed by atoms with van der Waals surface area (Å²) >= 11 is 3.43. The Morgan fingerprint density at radius 3 is 2.62 bits per heavy atom. The number of benzene rings is 1. The molecule has 1 rings (SSSR count). The van der Waals surface area contributed by atoms with Gasteiger partial charge >= 0.3 is 0 Å². The van der Waals surface area contributed by atoms with E-state index >= 15 is 0 Å². The molecule has 1 aromatic carbocycles. The largest absolute Gasteiger partial charge is 0.411 e. The zero-order chi connectivity index (χ0) is 9.84. The van der Waals surface area contributed by atoms with Gasteiger partial charge in [-0.3, -0.25) is 0 Å². The summed E-state index contributed by atoms with van der Waals surface area (Å²) in [5, 5.41) is 11.3. The predicted octanol–water partition coefficient (Wildman–Crippen LogP) is 2.32. The molecular weight excluding hydrogens is 232 g/mol. The molecule has 0 saturated heterocycles. The highest BCUT2D eigenvalue weighted by atomic mass is 79.9. The molecule has 0 aromatic heterocycles. The van der Waals surface area contributed by atoms with Gasteiger partial charge in [0.1, 0.15) is 0 Å². The lowest BCUT2D eigenvalue weighted by Crippen LogP contribution is -2.09. The van der Waals surface area contributed by atoms with Crippen molar-refractivity contribution >= 4 is 27.8 Å². The molecular formula is C9H11BrN2O. The van der Waals surface area contributed by atoms with Crippen LogP contribution in [-0.2, 0) is 0 Å². The maximum Gasteiger partial charge on any atom is 0.0734 e. The van der Waals surface area contributed by atoms with Crippen molar-refractivity contribution < 1.29 is 5.21 Å². The second-order valence-corrected chi connectivity index (χ2v) is 3.70. The van der Waals surface area contributed by atoms with E-state index in [1.807, 2.05) is 37.2 Å². The van der Waals surface area contributed by atoms with Crippen LogP contribution in [0.5, 0.6) is 0 Å². The van der Waals surface area contributed by atoms with Gasteiger partial charge in [0.2, 0.25) is 0 Å². The Morgan fingerprint density at radius 2 is 2.15 bits per heavy atom. The van der Waals surface area contributed by atoms with Crippen molar-refractivity contribution in [2.45, 2.75) is 0 Å². The molecule has 0 radical (unpaired) electrons. The van der Waals surface area contributed by atoms with E-state index in [0.717, 1.165) is 15.7 Å². The lowest BCUT2D eigenvalue weighted by Gasteiger charge is -2.14. The SMILES string of the molecule is CN(C)c1ccc(/C=N\O)cc1Br. The number of hydrogen-bond donors (Lipinski definition) is 1. The summed E-state index contributed by atoms with van der Waals surface area (Å²) in [4.78, 5) is 2.00. The molecule has 70 valence electrons. The van der Waals surface area contributed by atoms with Gasteiger partial charge in [-0.2, -0.15) is 0 Å². The summed E-state index contributed by atoms with van der Waals surface area (Å²) in [7, 11) is 3.94. The standard InChI is InChI=1S/C9H11BrN2O/c1-12(2)9-4-3-7(6-11-13)5-8(9)10/h3-6,13H,1-2H3/b11-6-. The highest BCUT2D eigenvalue weighted by molar-refractivity contribution is 9.10. The van der Waals surface area contributed by atoms with Gasteiger partial charge < -0.3 is 10.1 Å². The van der Waals surface area contributed by atoms with Crippen LogP contribution in [0.2, 0.25) is 0 Å². The average molecular weight is 243 g/mol. The van der Waals surface area contributed by atoms with Gasteiger partial charge in [0, 0.05) is 18.6 Å². The Balaban J connectivity index is 3.05. The van der Waals surface area contributed by atoms with Gasteiger partial charge in [-0.25, -0.2) is 0 Å². The Hall–Kier alpha value is -1.03. The summed E-state index contributed by atoms with van der Waals surface area (Å²) in [6.45, 7) is 0. The molecule has 0 saturated carbocycles. The average Bonchev–Trinajstić information content (AvgIpc) is 2.04. The third-order valence-electron chi connectivity index (χ3n) is 1.66. The molecule has 0 aliphatic rings. The number of anilines is 1. The summed E-state index contributed by atoms with van der Waals surface area (Å²) in [6, 6.07) is 5.75. The molecule has 0 heterocycles. The quantitative estimate of drug-likeness (QED) is 0.491. The van der Waals surface area contributed by atoms with Crippen LogP contribution in [0.4, 0.5) is 5.69 Å². The minimum Gasteiger partial charge on any atom is -0.411 e. The predicted molar refractivity (Wildman–Crippen MR) is 57.8 cm³/mol. The van der Waals surface area contributed by atoms with Gasteiger partial charge in [-0.1, -0.05) is 11.2 Å². The van der Waals surface area contributed by atoms with Crippen LogP contribution in [0.25, 0.3) is 0 Å². The molecule has 0 spiro atoms. The first-order valence-corrected chi connectivity index (χ1v) is 4.58. The van der Waals surface area contributed by atoms with Crippen LogP contribution < -0.4 is 4.90 Å². The molecule has 0 fully saturated rings. The second-order valence-electron chi connectivity index (χ2n) is 2.85. The number of rotatable bonds is 2. The van der Waals surface area contributed by atoms with Crippen molar-refractivity contribution in [3.8, 4) is 0 Å². The molecule has 0 bridgehead atoms. The minimum atomic E-state index is 0.861. The van der Waals surface area contributed by atoms with E-state index in [4.69, 9.17) is 5.21 Å². The maximum atomic E-state index is 8.33. The fourth-order valence-electron chi connectivity index (χ4n) is 1.03. The van der Waals surface area contributed by atoms with Crippen molar-refractivity contribution in [3.05, 3.63) is 28.2 Å². The monoisotopic (exact) mass is 242 g/mol. The van der Waals surface area contributed by atoms with Gasteiger partial charge in [0.05, 0.1) is 11.9 Å². The minimum absolute atomic E-state index is 0.861. The van der Waals surface area contributed by atoms with E-state index in [1.54, 1.807) is 0 Å². The molecule has 0 unspecified atom stereocenters. The highest BCUT2D eigenvalue weighted by Crippen LogP contribution is 2.24. The van der Waals surface area contributed by atoms with E-state index in [2.05, 4.69) is 21.1 Å². The maximum absolute atomic E-state index is 8.33. The normalized spacial score (nSPS) is 10.7. The molecule has 3 nitrogen and oxygen atoms in total. The summed E-state index contributed by atoms with van der Waals surface area (Å²) < 4.78 is 0.981. The molecule has 0 aliphatic heterocycles. The van der Waals surface area contributed by atoms with Gasteiger partial charge in [0.15, 0.2) is 0 Å². The summed E-state index contributed by atoms with van der Waals surface area (Å²) in [5.74, 6) is 0. The van der Waals surface area contributed by atoms with E-state index in [1.165, 1.54) is 6.21 Å². The van der Waals surface area contributed by atoms with E-state index in [9.17, 15) is 0 Å². The van der Waals surface area contributed by atoms with Crippen LogP contribution in [0, 0.1) is 0 Å². The van der Waals surface area contributed by atoms with Crippen molar-refractivity contribution in [2.75, 3.05) is 19.0 Å². The Labute approximate surface area is 85.8 Å². The van der Waals surface area contributed by atoms with Crippen molar-refractivity contribution in [1.29, 1.82) is 0 Å². The van der Waals surface area contributed by atoms with Crippen LogP contribution in [0.3, 0.4) is 0 Å². The van der Waals surface area contributed by atoms with Crippen LogP contribution in [0.1, 0.15) is 5.56 Å². The summed E-state index contributed by atoms with van der Waals surface area (Å²) in [5.41, 5.74) is 1.95. The molecule has 13 heavy (non-hydrogen) atoms. The number of oxime groups is 1. The van der Waals surface area contributed by atoms with Gasteiger partial charge in [-0.15, -0.1) is 0 Å². The van der Waals surface area contributed by atoms with Crippen molar-refractivity contribution in [1.82, 2.24) is 0 Å². The first kappa shape index (κ1) is 10.1. The van der Waals surface area contributed by atoms with E-state index < -0.39 is 0 Å². The molecule has 1 N–H and O–H groups in total. The Morgan fingerprint density at radius 1 is 1.46 bits per heavy atom. The second kappa shape index (κ2) is 4.28. The lowest BCUT2D eigenvalue weighted by molar-refractivity contribution is 0.322. The third-order valence-corrected chi connectivity index (χ3v) is 2.30. The summed E-state index contributed by atoms with van der Waals surface area (Å²) in [6.07, 6.45) is 1.39. The van der Waals surface area contributed by atoms with Gasteiger partial charge in [-0.05, 0) is 33.6 Å². The Kier molecular flexibility index (Phi) is 3.31. The number of halogens is 1. The zero-order valence-corrected chi connectivity index (χ0v) is 9.12. The van der Waals surface area contributed by atoms with Gasteiger partial charge in [0.25, 0.3) is 0 Å². The third kappa shape index (κ3) is 2.45. The fourth-order valence-corrected chi connectivity index (χ4v) is 1.78. The van der Waals surface area contributed by atoms with Crippen LogP contribution in [-0.4, -0.2) is 25.5 Å². The topological polar surface area (TPSA) is 35.8 Å². The smallest absolute Gasteiger partial charge is 0.0734 e. The molecule has 4 heteroatoms. The van der Waals surface area contributed by atoms with Crippen molar-refractivity contribution in [3.63, 3.8) is 0 Å². The Bertz CT molecular complexity index is 323. The lowest BCUT2D eigenvalue weighted by atomic mass is 10.2. The first-order chi connectivity index (χ1) is 6.15. The number of nitrogens with zero attached hydrogens (tertiary/aromatic N) is 2. The van der Waals surface area contributed by atoms with Crippen LogP contribution in [0.15, 0.2) is 27.8 Å². The highest BCUT2D eigenvalue weighted by Gasteiger charge is 2.01. The fraction of sp³-hybridized carbons (Fsp3) is 0.222. The molecule has 1 aromatic rings. The molecule has 0 aliphatic carbocycles. The molecule has 0 atom stereocenters. The van der Waals surface area contributed by atoms with Crippen LogP contribution >= 0.6 is 15.9 Å². The first-order valence-electron chi connectivity index (χ1n) is 3.79. The zero-order valence-electron chi connectivity index (χ0n) is 7.53. The van der Waals surface area contributed by atoms with E-state index in [0.29, 0.717) is 0 Å². The van der Waals surface area contributed by atoms with E-state index in [-0.39, 0.29) is 0 Å². The number of hydrogen-bond acceptors (Lipinski definition) is 3. The van der Waals surface area contributed by atoms with Crippen molar-refractivity contribution in [2.24, 2.45) is 5.16 Å².